The molecule has 0 aromatic heterocycles. The maximum atomic E-state index is 11.8. The molecule has 2 N–H and O–H groups in total. The Kier molecular flexibility index (Phi) is 2.74. The van der Waals surface area contributed by atoms with Gasteiger partial charge in [0.2, 0.25) is 0 Å². The molecule has 1 aromatic rings. The standard InChI is InChI=1S/C14H19NO2/c1-10-5-4-6-11(9-10)14(7-8-14)13(2,15)12(16)17-3/h4-6,9H,7-8,15H2,1-3H3. The molecule has 1 unspecified atom stereocenters. The van der Waals surface area contributed by atoms with Crippen molar-refractivity contribution in [1.82, 2.24) is 0 Å². The van der Waals surface area contributed by atoms with Crippen LogP contribution >= 0.6 is 0 Å². The Balaban J connectivity index is 2.41. The zero-order chi connectivity index (χ0) is 12.7. The van der Waals surface area contributed by atoms with E-state index in [1.807, 2.05) is 25.1 Å². The lowest BCUT2D eigenvalue weighted by atomic mass is 9.77. The van der Waals surface area contributed by atoms with Gasteiger partial charge in [0.05, 0.1) is 7.11 Å². The molecule has 0 bridgehead atoms. The Morgan fingerprint density at radius 1 is 1.47 bits per heavy atom. The van der Waals surface area contributed by atoms with Crippen LogP contribution in [0.1, 0.15) is 30.9 Å². The van der Waals surface area contributed by atoms with Gasteiger partial charge in [-0.25, -0.2) is 0 Å². The van der Waals surface area contributed by atoms with Crippen LogP contribution in [-0.2, 0) is 14.9 Å². The van der Waals surface area contributed by atoms with E-state index in [0.717, 1.165) is 18.4 Å². The van der Waals surface area contributed by atoms with Crippen molar-refractivity contribution >= 4 is 5.97 Å². The number of carbonyl (C=O) groups excluding carboxylic acids is 1. The quantitative estimate of drug-likeness (QED) is 0.811. The second kappa shape index (κ2) is 3.84. The van der Waals surface area contributed by atoms with Gasteiger partial charge < -0.3 is 10.5 Å². The Morgan fingerprint density at radius 3 is 2.59 bits per heavy atom. The normalized spacial score (nSPS) is 20.5. The second-order valence-electron chi connectivity index (χ2n) is 5.15. The first-order valence-corrected chi connectivity index (χ1v) is 5.88. The SMILES string of the molecule is COC(=O)C(C)(N)C1(c2cccc(C)c2)CC1. The van der Waals surface area contributed by atoms with E-state index < -0.39 is 5.54 Å². The molecule has 1 aliphatic carbocycles. The molecular formula is C14H19NO2. The van der Waals surface area contributed by atoms with E-state index in [9.17, 15) is 4.79 Å². The van der Waals surface area contributed by atoms with Crippen molar-refractivity contribution in [2.45, 2.75) is 37.6 Å². The van der Waals surface area contributed by atoms with Gasteiger partial charge in [-0.1, -0.05) is 29.8 Å². The maximum Gasteiger partial charge on any atom is 0.326 e. The summed E-state index contributed by atoms with van der Waals surface area (Å²) in [6, 6.07) is 8.22. The molecule has 1 atom stereocenters. The first-order chi connectivity index (χ1) is 7.94. The Hall–Kier alpha value is -1.35. The molecule has 0 aliphatic heterocycles. The van der Waals surface area contributed by atoms with Gasteiger partial charge in [-0.15, -0.1) is 0 Å². The first-order valence-electron chi connectivity index (χ1n) is 5.88. The fourth-order valence-corrected chi connectivity index (χ4v) is 2.58. The zero-order valence-corrected chi connectivity index (χ0v) is 10.6. The molecule has 1 aromatic carbocycles. The molecular weight excluding hydrogens is 214 g/mol. The number of hydrogen-bond acceptors (Lipinski definition) is 3. The number of methoxy groups -OCH3 is 1. The monoisotopic (exact) mass is 233 g/mol. The number of benzene rings is 1. The van der Waals surface area contributed by atoms with Crippen molar-refractivity contribution in [1.29, 1.82) is 0 Å². The third-order valence-corrected chi connectivity index (χ3v) is 3.92. The number of carbonyl (C=O) groups is 1. The molecule has 3 nitrogen and oxygen atoms in total. The zero-order valence-electron chi connectivity index (χ0n) is 10.6. The number of aryl methyl sites for hydroxylation is 1. The molecule has 2 rings (SSSR count). The van der Waals surface area contributed by atoms with Crippen LogP contribution in [0.3, 0.4) is 0 Å². The first kappa shape index (κ1) is 12.1. The molecule has 0 radical (unpaired) electrons. The molecule has 1 aliphatic rings. The van der Waals surface area contributed by atoms with E-state index >= 15 is 0 Å². The van der Waals surface area contributed by atoms with E-state index in [1.165, 1.54) is 12.7 Å². The summed E-state index contributed by atoms with van der Waals surface area (Å²) in [5.74, 6) is -0.337. The highest BCUT2D eigenvalue weighted by molar-refractivity contribution is 5.83. The largest absolute Gasteiger partial charge is 0.468 e. The average Bonchev–Trinajstić information content (AvgIpc) is 3.09. The highest BCUT2D eigenvalue weighted by Gasteiger charge is 2.60. The van der Waals surface area contributed by atoms with Gasteiger partial charge in [0.1, 0.15) is 5.54 Å². The molecule has 3 heteroatoms. The van der Waals surface area contributed by atoms with Crippen molar-refractivity contribution in [3.8, 4) is 0 Å². The number of nitrogens with two attached hydrogens (primary N) is 1. The van der Waals surface area contributed by atoms with Crippen molar-refractivity contribution in [3.63, 3.8) is 0 Å². The lowest BCUT2D eigenvalue weighted by molar-refractivity contribution is -0.147. The van der Waals surface area contributed by atoms with E-state index in [2.05, 4.69) is 6.07 Å². The topological polar surface area (TPSA) is 52.3 Å². The number of rotatable bonds is 3. The van der Waals surface area contributed by atoms with Crippen molar-refractivity contribution in [2.75, 3.05) is 7.11 Å². The predicted molar refractivity (Wildman–Crippen MR) is 66.7 cm³/mol. The number of hydrogen-bond donors (Lipinski definition) is 1. The molecule has 17 heavy (non-hydrogen) atoms. The van der Waals surface area contributed by atoms with Crippen LogP contribution in [-0.4, -0.2) is 18.6 Å². The van der Waals surface area contributed by atoms with Gasteiger partial charge in [-0.3, -0.25) is 4.79 Å². The highest BCUT2D eigenvalue weighted by Crippen LogP contribution is 2.55. The van der Waals surface area contributed by atoms with Crippen molar-refractivity contribution in [2.24, 2.45) is 5.73 Å². The summed E-state index contributed by atoms with van der Waals surface area (Å²) in [7, 11) is 1.39. The van der Waals surface area contributed by atoms with Crippen LogP contribution in [0.4, 0.5) is 0 Å². The average molecular weight is 233 g/mol. The van der Waals surface area contributed by atoms with Gasteiger partial charge in [0, 0.05) is 5.41 Å². The summed E-state index contributed by atoms with van der Waals surface area (Å²) in [6.07, 6.45) is 1.89. The second-order valence-corrected chi connectivity index (χ2v) is 5.15. The number of esters is 1. The Morgan fingerprint density at radius 2 is 2.12 bits per heavy atom. The van der Waals surface area contributed by atoms with Crippen LogP contribution in [0.5, 0.6) is 0 Å². The maximum absolute atomic E-state index is 11.8. The summed E-state index contributed by atoms with van der Waals surface area (Å²) in [5, 5.41) is 0. The summed E-state index contributed by atoms with van der Waals surface area (Å²) >= 11 is 0. The molecule has 0 heterocycles. The van der Waals surface area contributed by atoms with Gasteiger partial charge in [0.25, 0.3) is 0 Å². The Labute approximate surface area is 102 Å². The summed E-state index contributed by atoms with van der Waals surface area (Å²) < 4.78 is 4.83. The van der Waals surface area contributed by atoms with Gasteiger partial charge >= 0.3 is 5.97 Å². The minimum Gasteiger partial charge on any atom is -0.468 e. The predicted octanol–water partition coefficient (Wildman–Crippen LogP) is 1.92. The van der Waals surface area contributed by atoms with Crippen LogP contribution in [0.15, 0.2) is 24.3 Å². The number of ether oxygens (including phenoxy) is 1. The fourth-order valence-electron chi connectivity index (χ4n) is 2.58. The van der Waals surface area contributed by atoms with Crippen LogP contribution in [0.2, 0.25) is 0 Å². The van der Waals surface area contributed by atoms with Gasteiger partial charge in [-0.2, -0.15) is 0 Å². The van der Waals surface area contributed by atoms with E-state index in [1.54, 1.807) is 6.92 Å². The molecule has 1 saturated carbocycles. The highest BCUT2D eigenvalue weighted by atomic mass is 16.5. The smallest absolute Gasteiger partial charge is 0.326 e. The fraction of sp³-hybridized carbons (Fsp3) is 0.500. The van der Waals surface area contributed by atoms with Gasteiger partial charge in [0.15, 0.2) is 0 Å². The summed E-state index contributed by atoms with van der Waals surface area (Å²) in [6.45, 7) is 3.82. The van der Waals surface area contributed by atoms with Crippen molar-refractivity contribution < 1.29 is 9.53 Å². The third-order valence-electron chi connectivity index (χ3n) is 3.92. The molecule has 92 valence electrons. The summed E-state index contributed by atoms with van der Waals surface area (Å²) in [4.78, 5) is 11.8. The molecule has 0 amide bonds. The molecule has 0 saturated heterocycles. The lowest BCUT2D eigenvalue weighted by Crippen LogP contribution is -2.55. The van der Waals surface area contributed by atoms with E-state index in [0.29, 0.717) is 0 Å². The van der Waals surface area contributed by atoms with Crippen LogP contribution < -0.4 is 5.73 Å². The van der Waals surface area contributed by atoms with E-state index in [-0.39, 0.29) is 11.4 Å². The van der Waals surface area contributed by atoms with E-state index in [4.69, 9.17) is 10.5 Å². The van der Waals surface area contributed by atoms with Gasteiger partial charge in [-0.05, 0) is 32.3 Å². The minimum atomic E-state index is -0.949. The Bertz CT molecular complexity index is 447. The minimum absolute atomic E-state index is 0.244. The van der Waals surface area contributed by atoms with Crippen LogP contribution in [0, 0.1) is 6.92 Å². The molecule has 1 fully saturated rings. The molecule has 0 spiro atoms. The van der Waals surface area contributed by atoms with Crippen molar-refractivity contribution in [3.05, 3.63) is 35.4 Å². The summed E-state index contributed by atoms with van der Waals surface area (Å²) in [5.41, 5.74) is 7.36. The third kappa shape index (κ3) is 1.75. The lowest BCUT2D eigenvalue weighted by Gasteiger charge is -2.32. The van der Waals surface area contributed by atoms with Crippen LogP contribution in [0.25, 0.3) is 0 Å².